The van der Waals surface area contributed by atoms with Crippen LogP contribution < -0.4 is 10.1 Å². The standard InChI is InChI=1S/C12H17NO/c1-9(13-2)7-11-8-10-5-3-4-6-12(10)14-11/h3-6,9,11,13H,7-8H2,1-2H3. The zero-order valence-corrected chi connectivity index (χ0v) is 8.79. The van der Waals surface area contributed by atoms with Gasteiger partial charge in [0.1, 0.15) is 11.9 Å². The van der Waals surface area contributed by atoms with Crippen LogP contribution in [0.25, 0.3) is 0 Å². The third-order valence-electron chi connectivity index (χ3n) is 2.82. The summed E-state index contributed by atoms with van der Waals surface area (Å²) in [6.07, 6.45) is 2.49. The van der Waals surface area contributed by atoms with E-state index in [0.29, 0.717) is 12.1 Å². The van der Waals surface area contributed by atoms with Crippen molar-refractivity contribution in [3.05, 3.63) is 29.8 Å². The molecule has 0 saturated carbocycles. The average Bonchev–Trinajstić information content (AvgIpc) is 2.59. The van der Waals surface area contributed by atoms with Crippen LogP contribution in [0, 0.1) is 0 Å². The molecule has 1 aromatic rings. The molecule has 0 spiro atoms. The second-order valence-corrected chi connectivity index (χ2v) is 3.98. The van der Waals surface area contributed by atoms with Gasteiger partial charge in [-0.05, 0) is 32.0 Å². The highest BCUT2D eigenvalue weighted by molar-refractivity contribution is 5.37. The summed E-state index contributed by atoms with van der Waals surface area (Å²) in [4.78, 5) is 0. The van der Waals surface area contributed by atoms with Gasteiger partial charge in [0.25, 0.3) is 0 Å². The van der Waals surface area contributed by atoms with Crippen LogP contribution in [0.2, 0.25) is 0 Å². The monoisotopic (exact) mass is 191 g/mol. The highest BCUT2D eigenvalue weighted by Gasteiger charge is 2.23. The molecule has 2 heteroatoms. The first kappa shape index (κ1) is 9.53. The van der Waals surface area contributed by atoms with Crippen molar-refractivity contribution < 1.29 is 4.74 Å². The first-order chi connectivity index (χ1) is 6.79. The van der Waals surface area contributed by atoms with Crippen LogP contribution in [0.3, 0.4) is 0 Å². The number of hydrogen-bond acceptors (Lipinski definition) is 2. The minimum atomic E-state index is 0.356. The van der Waals surface area contributed by atoms with Crippen molar-refractivity contribution in [2.75, 3.05) is 7.05 Å². The summed E-state index contributed by atoms with van der Waals surface area (Å²) in [7, 11) is 1.99. The Bertz CT molecular complexity index is 286. The summed E-state index contributed by atoms with van der Waals surface area (Å²) in [5.41, 5.74) is 1.35. The van der Waals surface area contributed by atoms with Crippen LogP contribution in [0.4, 0.5) is 0 Å². The van der Waals surface area contributed by atoms with Gasteiger partial charge in [-0.25, -0.2) is 0 Å². The van der Waals surface area contributed by atoms with E-state index >= 15 is 0 Å². The van der Waals surface area contributed by atoms with E-state index in [-0.39, 0.29) is 0 Å². The zero-order chi connectivity index (χ0) is 9.97. The number of nitrogens with one attached hydrogen (secondary N) is 1. The lowest BCUT2D eigenvalue weighted by atomic mass is 10.1. The van der Waals surface area contributed by atoms with Crippen LogP contribution in [0.5, 0.6) is 5.75 Å². The maximum atomic E-state index is 5.84. The van der Waals surface area contributed by atoms with Gasteiger partial charge in [-0.3, -0.25) is 0 Å². The van der Waals surface area contributed by atoms with Gasteiger partial charge in [-0.15, -0.1) is 0 Å². The van der Waals surface area contributed by atoms with Gasteiger partial charge in [0.15, 0.2) is 0 Å². The highest BCUT2D eigenvalue weighted by atomic mass is 16.5. The molecule has 1 aromatic carbocycles. The second-order valence-electron chi connectivity index (χ2n) is 3.98. The van der Waals surface area contributed by atoms with Crippen LogP contribution >= 0.6 is 0 Å². The number of rotatable bonds is 3. The molecule has 1 aliphatic heterocycles. The molecule has 1 N–H and O–H groups in total. The fraction of sp³-hybridized carbons (Fsp3) is 0.500. The Morgan fingerprint density at radius 3 is 3.00 bits per heavy atom. The Morgan fingerprint density at radius 2 is 2.29 bits per heavy atom. The van der Waals surface area contributed by atoms with E-state index in [4.69, 9.17) is 4.74 Å². The smallest absolute Gasteiger partial charge is 0.123 e. The lowest BCUT2D eigenvalue weighted by molar-refractivity contribution is 0.207. The number of hydrogen-bond donors (Lipinski definition) is 1. The molecule has 2 nitrogen and oxygen atoms in total. The normalized spacial score (nSPS) is 21.4. The molecule has 0 bridgehead atoms. The van der Waals surface area contributed by atoms with Gasteiger partial charge in [0, 0.05) is 12.5 Å². The Hall–Kier alpha value is -1.02. The predicted octanol–water partition coefficient (Wildman–Crippen LogP) is 1.99. The molecule has 2 unspecified atom stereocenters. The molecule has 1 heterocycles. The van der Waals surface area contributed by atoms with Crippen molar-refractivity contribution in [3.63, 3.8) is 0 Å². The van der Waals surface area contributed by atoms with Crippen molar-refractivity contribution in [1.29, 1.82) is 0 Å². The summed E-state index contributed by atoms with van der Waals surface area (Å²) < 4.78 is 5.84. The van der Waals surface area contributed by atoms with Crippen LogP contribution in [0.15, 0.2) is 24.3 Å². The first-order valence-electron chi connectivity index (χ1n) is 5.21. The number of fused-ring (bicyclic) bond motifs is 1. The van der Waals surface area contributed by atoms with E-state index in [9.17, 15) is 0 Å². The van der Waals surface area contributed by atoms with Crippen molar-refractivity contribution in [2.24, 2.45) is 0 Å². The Kier molecular flexibility index (Phi) is 2.73. The van der Waals surface area contributed by atoms with Crippen molar-refractivity contribution in [3.8, 4) is 5.75 Å². The predicted molar refractivity (Wildman–Crippen MR) is 57.7 cm³/mol. The molecular weight excluding hydrogens is 174 g/mol. The molecule has 1 aliphatic rings. The van der Waals surface area contributed by atoms with Gasteiger partial charge < -0.3 is 10.1 Å². The SMILES string of the molecule is CNC(C)CC1Cc2ccccc2O1. The molecule has 76 valence electrons. The molecule has 0 fully saturated rings. The molecule has 2 atom stereocenters. The quantitative estimate of drug-likeness (QED) is 0.789. The van der Waals surface area contributed by atoms with Gasteiger partial charge in [-0.1, -0.05) is 18.2 Å². The number of para-hydroxylation sites is 1. The van der Waals surface area contributed by atoms with E-state index in [1.807, 2.05) is 13.1 Å². The maximum absolute atomic E-state index is 5.84. The van der Waals surface area contributed by atoms with E-state index in [0.717, 1.165) is 18.6 Å². The van der Waals surface area contributed by atoms with Crippen molar-refractivity contribution in [1.82, 2.24) is 5.32 Å². The second kappa shape index (κ2) is 4.01. The lowest BCUT2D eigenvalue weighted by Crippen LogP contribution is -2.28. The van der Waals surface area contributed by atoms with Gasteiger partial charge >= 0.3 is 0 Å². The Balaban J connectivity index is 1.98. The molecule has 2 rings (SSSR count). The summed E-state index contributed by atoms with van der Waals surface area (Å²) in [6, 6.07) is 8.84. The van der Waals surface area contributed by atoms with Gasteiger partial charge in [0.2, 0.25) is 0 Å². The highest BCUT2D eigenvalue weighted by Crippen LogP contribution is 2.29. The molecule has 0 radical (unpaired) electrons. The average molecular weight is 191 g/mol. The summed E-state index contributed by atoms with van der Waals surface area (Å²) in [5.74, 6) is 1.07. The molecule has 0 amide bonds. The van der Waals surface area contributed by atoms with Crippen LogP contribution in [-0.2, 0) is 6.42 Å². The molecule has 14 heavy (non-hydrogen) atoms. The minimum absolute atomic E-state index is 0.356. The third-order valence-corrected chi connectivity index (χ3v) is 2.82. The maximum Gasteiger partial charge on any atom is 0.123 e. The fourth-order valence-corrected chi connectivity index (χ4v) is 1.90. The zero-order valence-electron chi connectivity index (χ0n) is 8.79. The molecule has 0 aliphatic carbocycles. The van der Waals surface area contributed by atoms with Gasteiger partial charge in [0.05, 0.1) is 0 Å². The molecular formula is C12H17NO. The molecule has 0 aromatic heterocycles. The Morgan fingerprint density at radius 1 is 1.50 bits per heavy atom. The van der Waals surface area contributed by atoms with E-state index in [2.05, 4.69) is 30.4 Å². The minimum Gasteiger partial charge on any atom is -0.490 e. The third kappa shape index (κ3) is 1.90. The van der Waals surface area contributed by atoms with E-state index < -0.39 is 0 Å². The topological polar surface area (TPSA) is 21.3 Å². The van der Waals surface area contributed by atoms with Crippen molar-refractivity contribution in [2.45, 2.75) is 31.9 Å². The van der Waals surface area contributed by atoms with Gasteiger partial charge in [-0.2, -0.15) is 0 Å². The van der Waals surface area contributed by atoms with E-state index in [1.54, 1.807) is 0 Å². The Labute approximate surface area is 85.3 Å². The molecule has 0 saturated heterocycles. The van der Waals surface area contributed by atoms with Crippen LogP contribution in [-0.4, -0.2) is 19.2 Å². The van der Waals surface area contributed by atoms with Crippen molar-refractivity contribution >= 4 is 0 Å². The summed E-state index contributed by atoms with van der Waals surface area (Å²) >= 11 is 0. The number of benzene rings is 1. The first-order valence-corrected chi connectivity index (χ1v) is 5.21. The summed E-state index contributed by atoms with van der Waals surface area (Å²) in [5, 5.41) is 3.24. The summed E-state index contributed by atoms with van der Waals surface area (Å²) in [6.45, 7) is 2.19. The van der Waals surface area contributed by atoms with Crippen LogP contribution in [0.1, 0.15) is 18.9 Å². The lowest BCUT2D eigenvalue weighted by Gasteiger charge is -2.15. The largest absolute Gasteiger partial charge is 0.490 e. The van der Waals surface area contributed by atoms with E-state index in [1.165, 1.54) is 5.56 Å². The fourth-order valence-electron chi connectivity index (χ4n) is 1.90. The number of ether oxygens (including phenoxy) is 1.